The number of rotatable bonds is 11. The fraction of sp³-hybridized carbons (Fsp3) is 0.464. The van der Waals surface area contributed by atoms with Gasteiger partial charge in [0.25, 0.3) is 5.56 Å². The van der Waals surface area contributed by atoms with Crippen molar-refractivity contribution in [1.29, 1.82) is 0 Å². The number of hydrogen-bond donors (Lipinski definition) is 0. The first-order valence-corrected chi connectivity index (χ1v) is 12.4. The Morgan fingerprint density at radius 1 is 0.970 bits per heavy atom. The van der Waals surface area contributed by atoms with E-state index in [1.807, 2.05) is 60.4 Å². The van der Waals surface area contributed by atoms with Crippen LogP contribution in [0.5, 0.6) is 0 Å². The van der Waals surface area contributed by atoms with Crippen LogP contribution in [0.25, 0.3) is 16.6 Å². The second-order valence-electron chi connectivity index (χ2n) is 8.72. The molecular formula is C28H37N3O2. The number of hydrogen-bond acceptors (Lipinski definition) is 3. The van der Waals surface area contributed by atoms with Gasteiger partial charge in [0.15, 0.2) is 0 Å². The van der Waals surface area contributed by atoms with Crippen molar-refractivity contribution in [3.8, 4) is 5.69 Å². The average Bonchev–Trinajstić information content (AvgIpc) is 2.84. The van der Waals surface area contributed by atoms with Crippen molar-refractivity contribution in [2.24, 2.45) is 0 Å². The lowest BCUT2D eigenvalue weighted by Crippen LogP contribution is -2.37. The fourth-order valence-electron chi connectivity index (χ4n) is 4.32. The third-order valence-electron chi connectivity index (χ3n) is 6.27. The van der Waals surface area contributed by atoms with Gasteiger partial charge >= 0.3 is 0 Å². The van der Waals surface area contributed by atoms with Crippen LogP contribution in [0.2, 0.25) is 0 Å². The molecule has 1 atom stereocenters. The van der Waals surface area contributed by atoms with Gasteiger partial charge in [0.1, 0.15) is 5.82 Å². The first-order chi connectivity index (χ1) is 16.0. The van der Waals surface area contributed by atoms with Crippen LogP contribution >= 0.6 is 0 Å². The summed E-state index contributed by atoms with van der Waals surface area (Å²) in [5.41, 5.74) is 2.56. The Bertz CT molecular complexity index is 1120. The van der Waals surface area contributed by atoms with Gasteiger partial charge in [0.2, 0.25) is 5.91 Å². The Hall–Kier alpha value is -2.95. The minimum absolute atomic E-state index is 0.0986. The molecule has 33 heavy (non-hydrogen) atoms. The summed E-state index contributed by atoms with van der Waals surface area (Å²) in [5.74, 6) is 0.744. The largest absolute Gasteiger partial charge is 0.333 e. The van der Waals surface area contributed by atoms with Crippen molar-refractivity contribution in [3.63, 3.8) is 0 Å². The fourth-order valence-corrected chi connectivity index (χ4v) is 4.32. The van der Waals surface area contributed by atoms with E-state index in [4.69, 9.17) is 4.98 Å². The maximum absolute atomic E-state index is 13.6. The van der Waals surface area contributed by atoms with Gasteiger partial charge in [-0.05, 0) is 56.0 Å². The molecular weight excluding hydrogens is 410 g/mol. The molecule has 0 aliphatic heterocycles. The van der Waals surface area contributed by atoms with Gasteiger partial charge < -0.3 is 4.90 Å². The van der Waals surface area contributed by atoms with Crippen LogP contribution in [-0.4, -0.2) is 26.9 Å². The highest BCUT2D eigenvalue weighted by molar-refractivity contribution is 5.79. The van der Waals surface area contributed by atoms with Crippen LogP contribution in [0.3, 0.4) is 0 Å². The SMILES string of the molecule is CCCCCCC(=O)N(CCC)C(C)c1nc2ccccc2c(=O)n1-c1ccc(CC)cc1. The molecule has 0 spiro atoms. The molecule has 0 aliphatic carbocycles. The number of unbranched alkanes of at least 4 members (excludes halogenated alkanes) is 3. The second-order valence-corrected chi connectivity index (χ2v) is 8.72. The first-order valence-electron chi connectivity index (χ1n) is 12.4. The third-order valence-corrected chi connectivity index (χ3v) is 6.27. The van der Waals surface area contributed by atoms with Crippen LogP contribution < -0.4 is 5.56 Å². The third kappa shape index (κ3) is 5.70. The Morgan fingerprint density at radius 2 is 1.70 bits per heavy atom. The minimum atomic E-state index is -0.313. The van der Waals surface area contributed by atoms with Crippen molar-refractivity contribution in [2.75, 3.05) is 6.54 Å². The van der Waals surface area contributed by atoms with Gasteiger partial charge in [-0.1, -0.05) is 64.3 Å². The van der Waals surface area contributed by atoms with Crippen LogP contribution in [0, 0.1) is 0 Å². The van der Waals surface area contributed by atoms with Crippen molar-refractivity contribution < 1.29 is 4.79 Å². The molecule has 5 nitrogen and oxygen atoms in total. The summed E-state index contributed by atoms with van der Waals surface area (Å²) in [6.45, 7) is 9.00. The molecule has 1 heterocycles. The normalized spacial score (nSPS) is 12.1. The Labute approximate surface area is 197 Å². The molecule has 0 N–H and O–H groups in total. The lowest BCUT2D eigenvalue weighted by molar-refractivity contribution is -0.133. The van der Waals surface area contributed by atoms with Gasteiger partial charge in [-0.25, -0.2) is 4.98 Å². The zero-order valence-corrected chi connectivity index (χ0v) is 20.5. The van der Waals surface area contributed by atoms with Crippen molar-refractivity contribution >= 4 is 16.8 Å². The highest BCUT2D eigenvalue weighted by Gasteiger charge is 2.26. The average molecular weight is 448 g/mol. The van der Waals surface area contributed by atoms with Gasteiger partial charge in [-0.15, -0.1) is 0 Å². The quantitative estimate of drug-likeness (QED) is 0.328. The van der Waals surface area contributed by atoms with Crippen molar-refractivity contribution in [3.05, 3.63) is 70.3 Å². The van der Waals surface area contributed by atoms with E-state index >= 15 is 0 Å². The number of aryl methyl sites for hydroxylation is 1. The molecule has 1 unspecified atom stereocenters. The van der Waals surface area contributed by atoms with Gasteiger partial charge in [0.05, 0.1) is 22.6 Å². The smallest absolute Gasteiger partial charge is 0.266 e. The van der Waals surface area contributed by atoms with E-state index in [1.165, 1.54) is 5.56 Å². The van der Waals surface area contributed by atoms with E-state index in [-0.39, 0.29) is 17.5 Å². The Morgan fingerprint density at radius 3 is 2.36 bits per heavy atom. The van der Waals surface area contributed by atoms with Crippen LogP contribution in [0.15, 0.2) is 53.3 Å². The highest BCUT2D eigenvalue weighted by atomic mass is 16.2. The number of amides is 1. The standard InChI is InChI=1S/C28H37N3O2/c1-5-8-9-10-15-26(32)30(20-6-2)21(4)27-29-25-14-12-11-13-24(25)28(33)31(27)23-18-16-22(7-3)17-19-23/h11-14,16-19,21H,5-10,15,20H2,1-4H3. The summed E-state index contributed by atoms with van der Waals surface area (Å²) in [7, 11) is 0. The van der Waals surface area contributed by atoms with E-state index in [0.29, 0.717) is 29.7 Å². The van der Waals surface area contributed by atoms with Gasteiger partial charge in [-0.2, -0.15) is 0 Å². The monoisotopic (exact) mass is 447 g/mol. The molecule has 0 saturated heterocycles. The molecule has 0 aliphatic rings. The lowest BCUT2D eigenvalue weighted by atomic mass is 10.1. The van der Waals surface area contributed by atoms with Crippen LogP contribution in [0.1, 0.15) is 83.6 Å². The van der Waals surface area contributed by atoms with Crippen LogP contribution in [-0.2, 0) is 11.2 Å². The summed E-state index contributed by atoms with van der Waals surface area (Å²) < 4.78 is 1.69. The zero-order chi connectivity index (χ0) is 23.8. The Kier molecular flexibility index (Phi) is 8.81. The molecule has 3 rings (SSSR count). The van der Waals surface area contributed by atoms with Gasteiger partial charge in [-0.3, -0.25) is 14.2 Å². The number of fused-ring (bicyclic) bond motifs is 1. The summed E-state index contributed by atoms with van der Waals surface area (Å²) in [5, 5.41) is 0.584. The molecule has 0 bridgehead atoms. The molecule has 0 saturated carbocycles. The number of nitrogens with zero attached hydrogens (tertiary/aromatic N) is 3. The van der Waals surface area contributed by atoms with E-state index in [9.17, 15) is 9.59 Å². The van der Waals surface area contributed by atoms with Crippen LogP contribution in [0.4, 0.5) is 0 Å². The molecule has 0 radical (unpaired) electrons. The number of carbonyl (C=O) groups excluding carboxylic acids is 1. The van der Waals surface area contributed by atoms with Gasteiger partial charge in [0, 0.05) is 13.0 Å². The van der Waals surface area contributed by atoms with Crippen molar-refractivity contribution in [2.45, 2.75) is 78.7 Å². The molecule has 176 valence electrons. The number of benzene rings is 2. The molecule has 3 aromatic rings. The number of para-hydroxylation sites is 1. The highest BCUT2D eigenvalue weighted by Crippen LogP contribution is 2.24. The van der Waals surface area contributed by atoms with E-state index < -0.39 is 0 Å². The second kappa shape index (κ2) is 11.8. The summed E-state index contributed by atoms with van der Waals surface area (Å²) in [6.07, 6.45) is 6.59. The summed E-state index contributed by atoms with van der Waals surface area (Å²) >= 11 is 0. The number of carbonyl (C=O) groups is 1. The van der Waals surface area contributed by atoms with E-state index in [2.05, 4.69) is 20.8 Å². The minimum Gasteiger partial charge on any atom is -0.333 e. The molecule has 0 fully saturated rings. The summed E-state index contributed by atoms with van der Waals surface area (Å²) in [6, 6.07) is 15.2. The predicted molar refractivity (Wildman–Crippen MR) is 136 cm³/mol. The molecule has 1 amide bonds. The lowest BCUT2D eigenvalue weighted by Gasteiger charge is -2.30. The zero-order valence-electron chi connectivity index (χ0n) is 20.5. The number of aromatic nitrogens is 2. The maximum Gasteiger partial charge on any atom is 0.266 e. The predicted octanol–water partition coefficient (Wildman–Crippen LogP) is 6.22. The molecule has 2 aromatic carbocycles. The topological polar surface area (TPSA) is 55.2 Å². The van der Waals surface area contributed by atoms with E-state index in [1.54, 1.807) is 4.57 Å². The Balaban J connectivity index is 2.08. The first kappa shape index (κ1) is 24.7. The molecule has 1 aromatic heterocycles. The molecule has 5 heteroatoms. The van der Waals surface area contributed by atoms with Crippen molar-refractivity contribution in [1.82, 2.24) is 14.5 Å². The maximum atomic E-state index is 13.6. The van der Waals surface area contributed by atoms with E-state index in [0.717, 1.165) is 44.2 Å². The summed E-state index contributed by atoms with van der Waals surface area (Å²) in [4.78, 5) is 33.6.